The van der Waals surface area contributed by atoms with Gasteiger partial charge in [0.15, 0.2) is 11.7 Å². The molecule has 0 bridgehead atoms. The van der Waals surface area contributed by atoms with E-state index in [2.05, 4.69) is 15.4 Å². The minimum Gasteiger partial charge on any atom is -0.484 e. The van der Waals surface area contributed by atoms with Crippen LogP contribution in [0.2, 0.25) is 0 Å². The second-order valence-electron chi connectivity index (χ2n) is 5.33. The van der Waals surface area contributed by atoms with Gasteiger partial charge in [0.05, 0.1) is 16.7 Å². The Morgan fingerprint density at radius 3 is 2.50 bits per heavy atom. The summed E-state index contributed by atoms with van der Waals surface area (Å²) in [5, 5.41) is 16.7. The molecular weight excluding hydrogens is 371 g/mol. The standard InChI is InChI=1S/C16H14F3N3O3S/c1-10-3-2-4-11(5-10)20-15(26)21-12-6-13(22(23)24)8-14(7-12)25-9-16(17,18)19/h2-8H,9H2,1H3,(H2,20,21,26). The van der Waals surface area contributed by atoms with E-state index in [9.17, 15) is 23.3 Å². The van der Waals surface area contributed by atoms with E-state index in [-0.39, 0.29) is 16.5 Å². The number of anilines is 2. The van der Waals surface area contributed by atoms with Gasteiger partial charge in [-0.05, 0) is 36.8 Å². The number of nitro benzene ring substituents is 1. The van der Waals surface area contributed by atoms with Crippen molar-refractivity contribution in [3.05, 3.63) is 58.1 Å². The smallest absolute Gasteiger partial charge is 0.422 e. The summed E-state index contributed by atoms with van der Waals surface area (Å²) < 4.78 is 41.4. The predicted molar refractivity (Wildman–Crippen MR) is 95.7 cm³/mol. The summed E-state index contributed by atoms with van der Waals surface area (Å²) in [7, 11) is 0. The van der Waals surface area contributed by atoms with Crippen LogP contribution in [0.1, 0.15) is 5.56 Å². The lowest BCUT2D eigenvalue weighted by atomic mass is 10.2. The molecule has 0 aliphatic heterocycles. The van der Waals surface area contributed by atoms with Crippen LogP contribution in [-0.4, -0.2) is 22.8 Å². The Balaban J connectivity index is 2.15. The Bertz CT molecular complexity index is 828. The quantitative estimate of drug-likeness (QED) is 0.443. The highest BCUT2D eigenvalue weighted by atomic mass is 32.1. The Morgan fingerprint density at radius 2 is 1.88 bits per heavy atom. The van der Waals surface area contributed by atoms with Crippen LogP contribution < -0.4 is 15.4 Å². The lowest BCUT2D eigenvalue weighted by molar-refractivity contribution is -0.384. The number of halogens is 3. The number of nitrogens with zero attached hydrogens (tertiary/aromatic N) is 1. The zero-order valence-corrected chi connectivity index (χ0v) is 14.3. The van der Waals surface area contributed by atoms with E-state index >= 15 is 0 Å². The summed E-state index contributed by atoms with van der Waals surface area (Å²) in [6.07, 6.45) is -4.56. The first-order valence-electron chi connectivity index (χ1n) is 7.26. The van der Waals surface area contributed by atoms with E-state index in [1.165, 1.54) is 6.07 Å². The molecule has 0 saturated carbocycles. The number of alkyl halides is 3. The Hall–Kier alpha value is -2.88. The van der Waals surface area contributed by atoms with Crippen LogP contribution >= 0.6 is 12.2 Å². The molecule has 0 radical (unpaired) electrons. The van der Waals surface area contributed by atoms with Crippen LogP contribution in [-0.2, 0) is 0 Å². The van der Waals surface area contributed by atoms with E-state index in [4.69, 9.17) is 12.2 Å². The molecule has 0 spiro atoms. The van der Waals surface area contributed by atoms with Gasteiger partial charge in [0, 0.05) is 17.8 Å². The van der Waals surface area contributed by atoms with Crippen molar-refractivity contribution in [2.45, 2.75) is 13.1 Å². The van der Waals surface area contributed by atoms with Crippen LogP contribution in [0, 0.1) is 17.0 Å². The molecule has 0 fully saturated rings. The van der Waals surface area contributed by atoms with Crippen LogP contribution in [0.4, 0.5) is 30.2 Å². The summed E-state index contributed by atoms with van der Waals surface area (Å²) in [5.74, 6) is -0.294. The molecule has 138 valence electrons. The number of nitro groups is 1. The van der Waals surface area contributed by atoms with Gasteiger partial charge in [0.1, 0.15) is 5.75 Å². The Labute approximate surface area is 152 Å². The summed E-state index contributed by atoms with van der Waals surface area (Å²) >= 11 is 5.12. The molecule has 2 N–H and O–H groups in total. The van der Waals surface area contributed by atoms with Gasteiger partial charge >= 0.3 is 6.18 Å². The first kappa shape index (κ1) is 19.4. The number of nitrogens with one attached hydrogen (secondary N) is 2. The fourth-order valence-corrected chi connectivity index (χ4v) is 2.26. The zero-order valence-electron chi connectivity index (χ0n) is 13.5. The average molecular weight is 385 g/mol. The molecule has 0 heterocycles. The molecule has 0 saturated heterocycles. The average Bonchev–Trinajstić information content (AvgIpc) is 2.52. The van der Waals surface area contributed by atoms with Crippen LogP contribution in [0.5, 0.6) is 5.75 Å². The number of ether oxygens (including phenoxy) is 1. The lowest BCUT2D eigenvalue weighted by Crippen LogP contribution is -2.20. The Morgan fingerprint density at radius 1 is 1.19 bits per heavy atom. The molecule has 0 amide bonds. The molecule has 2 rings (SSSR count). The number of hydrogen-bond donors (Lipinski definition) is 2. The number of hydrogen-bond acceptors (Lipinski definition) is 4. The SMILES string of the molecule is Cc1cccc(NC(=S)Nc2cc(OCC(F)(F)F)cc([N+](=O)[O-])c2)c1. The van der Waals surface area contributed by atoms with Gasteiger partial charge in [-0.2, -0.15) is 13.2 Å². The van der Waals surface area contributed by atoms with Crippen molar-refractivity contribution < 1.29 is 22.8 Å². The van der Waals surface area contributed by atoms with Gasteiger partial charge < -0.3 is 15.4 Å². The molecule has 0 aliphatic rings. The highest BCUT2D eigenvalue weighted by Crippen LogP contribution is 2.28. The summed E-state index contributed by atoms with van der Waals surface area (Å²) in [4.78, 5) is 10.2. The molecule has 0 unspecified atom stereocenters. The van der Waals surface area contributed by atoms with Crippen molar-refractivity contribution in [3.63, 3.8) is 0 Å². The number of aryl methyl sites for hydroxylation is 1. The van der Waals surface area contributed by atoms with Crippen molar-refractivity contribution >= 4 is 34.4 Å². The third-order valence-electron chi connectivity index (χ3n) is 3.04. The third-order valence-corrected chi connectivity index (χ3v) is 3.24. The fraction of sp³-hybridized carbons (Fsp3) is 0.188. The lowest BCUT2D eigenvalue weighted by Gasteiger charge is -2.13. The first-order chi connectivity index (χ1) is 12.1. The normalized spacial score (nSPS) is 10.9. The maximum Gasteiger partial charge on any atom is 0.422 e. The fourth-order valence-electron chi connectivity index (χ4n) is 2.03. The van der Waals surface area contributed by atoms with E-state index < -0.39 is 23.4 Å². The minimum absolute atomic E-state index is 0.123. The highest BCUT2D eigenvalue weighted by Gasteiger charge is 2.28. The maximum absolute atomic E-state index is 12.3. The topological polar surface area (TPSA) is 76.4 Å². The second-order valence-corrected chi connectivity index (χ2v) is 5.73. The monoisotopic (exact) mass is 385 g/mol. The summed E-state index contributed by atoms with van der Waals surface area (Å²) in [6.45, 7) is 0.339. The number of non-ortho nitro benzene ring substituents is 1. The van der Waals surface area contributed by atoms with E-state index in [0.717, 1.165) is 17.7 Å². The van der Waals surface area contributed by atoms with Gasteiger partial charge in [0.25, 0.3) is 5.69 Å². The largest absolute Gasteiger partial charge is 0.484 e. The molecule has 0 atom stereocenters. The molecular formula is C16H14F3N3O3S. The number of thiocarbonyl (C=S) groups is 1. The number of benzene rings is 2. The van der Waals surface area contributed by atoms with Crippen LogP contribution in [0.25, 0.3) is 0 Å². The zero-order chi connectivity index (χ0) is 19.3. The van der Waals surface area contributed by atoms with E-state index in [1.807, 2.05) is 25.1 Å². The molecule has 0 aromatic heterocycles. The molecule has 0 aliphatic carbocycles. The molecule has 6 nitrogen and oxygen atoms in total. The summed E-state index contributed by atoms with van der Waals surface area (Å²) in [5.41, 5.74) is 1.39. The van der Waals surface area contributed by atoms with Crippen LogP contribution in [0.15, 0.2) is 42.5 Å². The molecule has 10 heteroatoms. The maximum atomic E-state index is 12.3. The van der Waals surface area contributed by atoms with Gasteiger partial charge in [-0.25, -0.2) is 0 Å². The molecule has 26 heavy (non-hydrogen) atoms. The van der Waals surface area contributed by atoms with Gasteiger partial charge in [-0.3, -0.25) is 10.1 Å². The summed E-state index contributed by atoms with van der Waals surface area (Å²) in [6, 6.07) is 10.6. The van der Waals surface area contributed by atoms with Crippen molar-refractivity contribution in [1.82, 2.24) is 0 Å². The van der Waals surface area contributed by atoms with Gasteiger partial charge in [-0.1, -0.05) is 12.1 Å². The van der Waals surface area contributed by atoms with Crippen molar-refractivity contribution in [3.8, 4) is 5.75 Å². The van der Waals surface area contributed by atoms with Crippen molar-refractivity contribution in [2.24, 2.45) is 0 Å². The number of rotatable bonds is 5. The second kappa shape index (κ2) is 8.00. The van der Waals surface area contributed by atoms with E-state index in [0.29, 0.717) is 5.69 Å². The highest BCUT2D eigenvalue weighted by molar-refractivity contribution is 7.80. The van der Waals surface area contributed by atoms with E-state index in [1.54, 1.807) is 6.07 Å². The molecule has 2 aromatic rings. The van der Waals surface area contributed by atoms with Gasteiger partial charge in [0.2, 0.25) is 0 Å². The third kappa shape index (κ3) is 6.20. The van der Waals surface area contributed by atoms with Crippen molar-refractivity contribution in [1.29, 1.82) is 0 Å². The van der Waals surface area contributed by atoms with Crippen LogP contribution in [0.3, 0.4) is 0 Å². The minimum atomic E-state index is -4.56. The van der Waals surface area contributed by atoms with Gasteiger partial charge in [-0.15, -0.1) is 0 Å². The predicted octanol–water partition coefficient (Wildman–Crippen LogP) is 4.65. The first-order valence-corrected chi connectivity index (χ1v) is 7.67. The van der Waals surface area contributed by atoms with Crippen molar-refractivity contribution in [2.75, 3.05) is 17.2 Å². The Kier molecular flexibility index (Phi) is 5.98. The molecule has 2 aromatic carbocycles.